The molecule has 1 saturated heterocycles. The van der Waals surface area contributed by atoms with Crippen LogP contribution in [-0.2, 0) is 6.54 Å². The van der Waals surface area contributed by atoms with Gasteiger partial charge in [0.1, 0.15) is 0 Å². The average Bonchev–Trinajstić information content (AvgIpc) is 3.66. The summed E-state index contributed by atoms with van der Waals surface area (Å²) >= 11 is 1.70. The van der Waals surface area contributed by atoms with E-state index in [2.05, 4.69) is 23.1 Å². The number of nitrogens with zero attached hydrogens (tertiary/aromatic N) is 1. The molecule has 1 atom stereocenters. The Morgan fingerprint density at radius 2 is 1.75 bits per heavy atom. The molecule has 2 aromatic carbocycles. The first kappa shape index (κ1) is 24.8. The number of ether oxygens (including phenoxy) is 2. The summed E-state index contributed by atoms with van der Waals surface area (Å²) in [5.74, 6) is 0.600. The van der Waals surface area contributed by atoms with E-state index in [0.717, 1.165) is 71.2 Å². The number of rotatable bonds is 9. The minimum Gasteiger partial charge on any atom is -0.493 e. The van der Waals surface area contributed by atoms with Gasteiger partial charge in [-0.25, -0.2) is 4.79 Å². The lowest BCUT2D eigenvalue weighted by molar-refractivity contribution is 0.0697. The van der Waals surface area contributed by atoms with E-state index in [4.69, 9.17) is 9.47 Å². The molecule has 1 saturated carbocycles. The minimum absolute atomic E-state index is 0.167. The van der Waals surface area contributed by atoms with E-state index in [9.17, 15) is 15.0 Å². The van der Waals surface area contributed by atoms with Crippen molar-refractivity contribution in [2.45, 2.75) is 57.2 Å². The lowest BCUT2D eigenvalue weighted by Crippen LogP contribution is -2.31. The monoisotopic (exact) mass is 507 g/mol. The maximum atomic E-state index is 11.4. The van der Waals surface area contributed by atoms with Crippen LogP contribution in [0.5, 0.6) is 11.5 Å². The fourth-order valence-electron chi connectivity index (χ4n) is 5.33. The number of carbonyl (C=O) groups is 1. The number of carboxylic acids is 1. The summed E-state index contributed by atoms with van der Waals surface area (Å²) in [7, 11) is 1.67. The van der Waals surface area contributed by atoms with Crippen LogP contribution in [0.15, 0.2) is 48.5 Å². The van der Waals surface area contributed by atoms with Gasteiger partial charge in [-0.15, -0.1) is 11.3 Å². The molecule has 2 N–H and O–H groups in total. The first-order valence-electron chi connectivity index (χ1n) is 12.7. The topological polar surface area (TPSA) is 79.2 Å². The molecule has 1 aliphatic heterocycles. The summed E-state index contributed by atoms with van der Waals surface area (Å²) in [4.78, 5) is 16.0. The Hall–Kier alpha value is -2.87. The molecule has 2 fully saturated rings. The third-order valence-electron chi connectivity index (χ3n) is 7.33. The summed E-state index contributed by atoms with van der Waals surface area (Å²) in [6.45, 7) is 1.88. The highest BCUT2D eigenvalue weighted by Crippen LogP contribution is 2.42. The van der Waals surface area contributed by atoms with Crippen molar-refractivity contribution in [3.63, 3.8) is 0 Å². The van der Waals surface area contributed by atoms with E-state index in [1.165, 1.54) is 18.4 Å². The van der Waals surface area contributed by atoms with Crippen LogP contribution in [0.1, 0.15) is 54.4 Å². The lowest BCUT2D eigenvalue weighted by Gasteiger charge is -2.22. The van der Waals surface area contributed by atoms with E-state index in [0.29, 0.717) is 0 Å². The molecule has 36 heavy (non-hydrogen) atoms. The highest BCUT2D eigenvalue weighted by molar-refractivity contribution is 7.19. The molecule has 0 amide bonds. The molecule has 0 bridgehead atoms. The van der Waals surface area contributed by atoms with Gasteiger partial charge >= 0.3 is 5.97 Å². The third-order valence-corrected chi connectivity index (χ3v) is 8.61. The zero-order valence-corrected chi connectivity index (χ0v) is 21.4. The Bertz CT molecular complexity index is 1200. The summed E-state index contributed by atoms with van der Waals surface area (Å²) in [5.41, 5.74) is 3.54. The second-order valence-corrected chi connectivity index (χ2v) is 10.7. The van der Waals surface area contributed by atoms with Crippen LogP contribution in [0.4, 0.5) is 0 Å². The van der Waals surface area contributed by atoms with Crippen LogP contribution in [0.25, 0.3) is 20.9 Å². The highest BCUT2D eigenvalue weighted by atomic mass is 32.1. The minimum atomic E-state index is -0.926. The molecule has 2 aliphatic rings. The standard InChI is InChI=1S/C29H33NO5S/c1-34-25-13-12-21(15-26(25)35-24-6-2-3-7-24)27-16-22(17-30-14-4-5-23(30)18-31)28(36-27)19-8-10-20(11-9-19)29(32)33/h8-13,15-16,23-24,31H,2-7,14,17-18H2,1H3,(H,32,33)/t23-/m1/s1. The normalized spacial score (nSPS) is 18.6. The molecule has 190 valence electrons. The van der Waals surface area contributed by atoms with Gasteiger partial charge in [-0.05, 0) is 98.2 Å². The number of hydrogen-bond acceptors (Lipinski definition) is 6. The molecule has 1 aromatic heterocycles. The van der Waals surface area contributed by atoms with E-state index in [-0.39, 0.29) is 24.3 Å². The van der Waals surface area contributed by atoms with Crippen molar-refractivity contribution in [1.82, 2.24) is 4.90 Å². The summed E-state index contributed by atoms with van der Waals surface area (Å²) in [6.07, 6.45) is 6.90. The van der Waals surface area contributed by atoms with Gasteiger partial charge in [0.25, 0.3) is 0 Å². The molecule has 6 nitrogen and oxygen atoms in total. The number of aliphatic hydroxyl groups excluding tert-OH is 1. The second-order valence-electron chi connectivity index (χ2n) is 9.69. The van der Waals surface area contributed by atoms with Crippen LogP contribution >= 0.6 is 11.3 Å². The zero-order valence-electron chi connectivity index (χ0n) is 20.6. The predicted octanol–water partition coefficient (Wildman–Crippen LogP) is 6.07. The largest absolute Gasteiger partial charge is 0.493 e. The third kappa shape index (κ3) is 5.28. The van der Waals surface area contributed by atoms with Crippen molar-refractivity contribution in [3.05, 3.63) is 59.7 Å². The van der Waals surface area contributed by atoms with Crippen LogP contribution in [0.3, 0.4) is 0 Å². The van der Waals surface area contributed by atoms with Gasteiger partial charge in [0.15, 0.2) is 11.5 Å². The van der Waals surface area contributed by atoms with E-state index >= 15 is 0 Å². The van der Waals surface area contributed by atoms with Gasteiger partial charge in [-0.1, -0.05) is 12.1 Å². The number of benzene rings is 2. The Balaban J connectivity index is 1.51. The molecule has 0 unspecified atom stereocenters. The molecule has 0 spiro atoms. The number of likely N-dealkylation sites (tertiary alicyclic amines) is 1. The smallest absolute Gasteiger partial charge is 0.335 e. The van der Waals surface area contributed by atoms with Crippen molar-refractivity contribution in [3.8, 4) is 32.4 Å². The van der Waals surface area contributed by atoms with Crippen molar-refractivity contribution in [2.24, 2.45) is 0 Å². The van der Waals surface area contributed by atoms with Gasteiger partial charge in [0.05, 0.1) is 25.4 Å². The van der Waals surface area contributed by atoms with Crippen molar-refractivity contribution >= 4 is 17.3 Å². The van der Waals surface area contributed by atoms with Crippen molar-refractivity contribution in [2.75, 3.05) is 20.3 Å². The number of methoxy groups -OCH3 is 1. The van der Waals surface area contributed by atoms with E-state index in [1.54, 1.807) is 30.6 Å². The van der Waals surface area contributed by atoms with Crippen LogP contribution in [-0.4, -0.2) is 53.5 Å². The average molecular weight is 508 g/mol. The SMILES string of the molecule is COc1ccc(-c2cc(CN3CCC[C@@H]3CO)c(-c3ccc(C(=O)O)cc3)s2)cc1OC1CCCC1. The lowest BCUT2D eigenvalue weighted by atomic mass is 10.1. The number of hydrogen-bond donors (Lipinski definition) is 2. The first-order valence-corrected chi connectivity index (χ1v) is 13.5. The summed E-state index contributed by atoms with van der Waals surface area (Å²) < 4.78 is 11.9. The molecule has 5 rings (SSSR count). The fraction of sp³-hybridized carbons (Fsp3) is 0.414. The number of carboxylic acid groups (broad SMARTS) is 1. The van der Waals surface area contributed by atoms with E-state index < -0.39 is 5.97 Å². The Labute approximate surface area is 216 Å². The molecule has 7 heteroatoms. The number of thiophene rings is 1. The van der Waals surface area contributed by atoms with Crippen molar-refractivity contribution in [1.29, 1.82) is 0 Å². The van der Waals surface area contributed by atoms with Gasteiger partial charge in [-0.3, -0.25) is 4.90 Å². The Morgan fingerprint density at radius 3 is 2.44 bits per heavy atom. The summed E-state index contributed by atoms with van der Waals surface area (Å²) in [5, 5.41) is 19.2. The first-order chi connectivity index (χ1) is 17.6. The molecular weight excluding hydrogens is 474 g/mol. The van der Waals surface area contributed by atoms with Crippen LogP contribution in [0, 0.1) is 0 Å². The van der Waals surface area contributed by atoms with Crippen LogP contribution < -0.4 is 9.47 Å². The quantitative estimate of drug-likeness (QED) is 0.366. The molecule has 2 heterocycles. The Kier molecular flexibility index (Phi) is 7.60. The molecule has 1 aliphatic carbocycles. The zero-order chi connectivity index (χ0) is 25.1. The number of aromatic carboxylic acids is 1. The van der Waals surface area contributed by atoms with Gasteiger partial charge < -0.3 is 19.7 Å². The Morgan fingerprint density at radius 1 is 1.00 bits per heavy atom. The highest BCUT2D eigenvalue weighted by Gasteiger charge is 2.26. The van der Waals surface area contributed by atoms with Gasteiger partial charge in [-0.2, -0.15) is 0 Å². The summed E-state index contributed by atoms with van der Waals surface area (Å²) in [6, 6.07) is 15.6. The van der Waals surface area contributed by atoms with Crippen LogP contribution in [0.2, 0.25) is 0 Å². The second kappa shape index (κ2) is 11.0. The van der Waals surface area contributed by atoms with E-state index in [1.807, 2.05) is 18.2 Å². The molecular formula is C29H33NO5S. The maximum absolute atomic E-state index is 11.4. The fourth-order valence-corrected chi connectivity index (χ4v) is 6.51. The van der Waals surface area contributed by atoms with Gasteiger partial charge in [0, 0.05) is 22.3 Å². The predicted molar refractivity (Wildman–Crippen MR) is 142 cm³/mol. The maximum Gasteiger partial charge on any atom is 0.335 e. The number of aliphatic hydroxyl groups is 1. The van der Waals surface area contributed by atoms with Gasteiger partial charge in [0.2, 0.25) is 0 Å². The molecule has 0 radical (unpaired) electrons. The van der Waals surface area contributed by atoms with Crippen molar-refractivity contribution < 1.29 is 24.5 Å². The molecule has 3 aromatic rings.